The molecule has 0 bridgehead atoms. The molecule has 0 unspecified atom stereocenters. The second kappa shape index (κ2) is 5.19. The van der Waals surface area contributed by atoms with Gasteiger partial charge in [0, 0.05) is 11.5 Å². The molecule has 3 nitrogen and oxygen atoms in total. The highest BCUT2D eigenvalue weighted by molar-refractivity contribution is 5.97. The van der Waals surface area contributed by atoms with Crippen LogP contribution < -0.4 is 0 Å². The average molecular weight is 310 g/mol. The van der Waals surface area contributed by atoms with Crippen molar-refractivity contribution in [2.24, 2.45) is 0 Å². The number of furan rings is 1. The van der Waals surface area contributed by atoms with E-state index in [4.69, 9.17) is 4.42 Å². The molecular formula is C16H13F3O3. The van der Waals surface area contributed by atoms with Crippen LogP contribution in [0.15, 0.2) is 34.9 Å². The maximum absolute atomic E-state index is 12.6. The van der Waals surface area contributed by atoms with E-state index in [1.807, 2.05) is 0 Å². The van der Waals surface area contributed by atoms with E-state index in [0.29, 0.717) is 16.9 Å². The molecule has 116 valence electrons. The maximum atomic E-state index is 12.6. The Bertz CT molecular complexity index is 694. The fourth-order valence-corrected chi connectivity index (χ4v) is 2.62. The number of aromatic carboxylic acids is 1. The summed E-state index contributed by atoms with van der Waals surface area (Å²) in [6.07, 6.45) is -0.318. The van der Waals surface area contributed by atoms with E-state index < -0.39 is 17.7 Å². The predicted octanol–water partition coefficient (Wildman–Crippen LogP) is 4.93. The van der Waals surface area contributed by atoms with Gasteiger partial charge < -0.3 is 9.52 Å². The first kappa shape index (κ1) is 14.7. The second-order valence-electron chi connectivity index (χ2n) is 5.40. The number of hydrogen-bond donors (Lipinski definition) is 1. The number of carboxylic acid groups (broad SMARTS) is 1. The molecule has 1 saturated carbocycles. The summed E-state index contributed by atoms with van der Waals surface area (Å²) in [6.45, 7) is 0. The lowest BCUT2D eigenvalue weighted by Crippen LogP contribution is -2.12. The van der Waals surface area contributed by atoms with Crippen LogP contribution >= 0.6 is 0 Å². The molecule has 1 heterocycles. The third kappa shape index (κ3) is 2.49. The minimum absolute atomic E-state index is 0.0597. The zero-order valence-corrected chi connectivity index (χ0v) is 11.5. The second-order valence-corrected chi connectivity index (χ2v) is 5.40. The van der Waals surface area contributed by atoms with Crippen molar-refractivity contribution in [1.82, 2.24) is 0 Å². The molecule has 1 aliphatic rings. The van der Waals surface area contributed by atoms with Crippen LogP contribution in [-0.2, 0) is 6.18 Å². The van der Waals surface area contributed by atoms with E-state index in [-0.39, 0.29) is 11.5 Å². The quantitative estimate of drug-likeness (QED) is 0.874. The Balaban J connectivity index is 2.01. The summed E-state index contributed by atoms with van der Waals surface area (Å²) in [5.74, 6) is -0.603. The van der Waals surface area contributed by atoms with E-state index in [2.05, 4.69) is 0 Å². The van der Waals surface area contributed by atoms with Gasteiger partial charge in [0.1, 0.15) is 11.3 Å². The third-order valence-electron chi connectivity index (χ3n) is 4.03. The highest BCUT2D eigenvalue weighted by Gasteiger charge is 2.32. The Morgan fingerprint density at radius 3 is 2.27 bits per heavy atom. The van der Waals surface area contributed by atoms with E-state index in [1.165, 1.54) is 18.4 Å². The molecule has 0 spiro atoms. The molecular weight excluding hydrogens is 297 g/mol. The smallest absolute Gasteiger partial charge is 0.416 e. The van der Waals surface area contributed by atoms with Gasteiger partial charge in [0.25, 0.3) is 0 Å². The number of alkyl halides is 3. The number of rotatable bonds is 3. The molecule has 1 aromatic heterocycles. The molecule has 1 fully saturated rings. The van der Waals surface area contributed by atoms with E-state index in [9.17, 15) is 23.1 Å². The van der Waals surface area contributed by atoms with Gasteiger partial charge in [-0.15, -0.1) is 0 Å². The zero-order valence-electron chi connectivity index (χ0n) is 11.5. The van der Waals surface area contributed by atoms with Crippen molar-refractivity contribution in [2.45, 2.75) is 31.4 Å². The normalized spacial score (nSPS) is 15.6. The van der Waals surface area contributed by atoms with Crippen LogP contribution in [0.2, 0.25) is 0 Å². The maximum Gasteiger partial charge on any atom is 0.416 e. The van der Waals surface area contributed by atoms with Crippen LogP contribution in [0.3, 0.4) is 0 Å². The van der Waals surface area contributed by atoms with Crippen molar-refractivity contribution >= 4 is 5.97 Å². The number of carbonyl (C=O) groups is 1. The first-order valence-electron chi connectivity index (χ1n) is 6.90. The fraction of sp³-hybridized carbons (Fsp3) is 0.312. The molecule has 3 rings (SSSR count). The van der Waals surface area contributed by atoms with E-state index in [1.54, 1.807) is 0 Å². The average Bonchev–Trinajstić information content (AvgIpc) is 2.80. The van der Waals surface area contributed by atoms with Gasteiger partial charge in [0.2, 0.25) is 0 Å². The standard InChI is InChI=1S/C16H13F3O3/c17-16(18,19)11-6-4-9(5-7-11)12-8-22-14(10-2-1-3-10)13(12)15(20)21/h4-8,10H,1-3H2,(H,20,21). The van der Waals surface area contributed by atoms with Crippen molar-refractivity contribution in [2.75, 3.05) is 0 Å². The van der Waals surface area contributed by atoms with Crippen LogP contribution in [0.1, 0.15) is 46.9 Å². The van der Waals surface area contributed by atoms with E-state index in [0.717, 1.165) is 31.4 Å². The Hall–Kier alpha value is -2.24. The first-order chi connectivity index (χ1) is 10.4. The number of benzene rings is 1. The van der Waals surface area contributed by atoms with Gasteiger partial charge >= 0.3 is 12.1 Å². The Morgan fingerprint density at radius 1 is 1.18 bits per heavy atom. The number of halogens is 3. The molecule has 0 aliphatic heterocycles. The predicted molar refractivity (Wildman–Crippen MR) is 72.7 cm³/mol. The van der Waals surface area contributed by atoms with Crippen molar-refractivity contribution in [3.8, 4) is 11.1 Å². The van der Waals surface area contributed by atoms with Crippen molar-refractivity contribution in [1.29, 1.82) is 0 Å². The highest BCUT2D eigenvalue weighted by Crippen LogP contribution is 2.42. The molecule has 0 saturated heterocycles. The molecule has 1 aromatic carbocycles. The van der Waals surface area contributed by atoms with Gasteiger partial charge in [-0.05, 0) is 30.5 Å². The Labute approximate surface area is 124 Å². The van der Waals surface area contributed by atoms with E-state index >= 15 is 0 Å². The summed E-state index contributed by atoms with van der Waals surface area (Å²) >= 11 is 0. The summed E-state index contributed by atoms with van der Waals surface area (Å²) in [6, 6.07) is 4.42. The molecule has 0 radical (unpaired) electrons. The van der Waals surface area contributed by atoms with Crippen molar-refractivity contribution < 1.29 is 27.5 Å². The Morgan fingerprint density at radius 2 is 1.82 bits per heavy atom. The van der Waals surface area contributed by atoms with Crippen LogP contribution in [0.25, 0.3) is 11.1 Å². The molecule has 2 aromatic rings. The van der Waals surface area contributed by atoms with Gasteiger partial charge in [-0.3, -0.25) is 0 Å². The molecule has 0 amide bonds. The fourth-order valence-electron chi connectivity index (χ4n) is 2.62. The number of hydrogen-bond acceptors (Lipinski definition) is 2. The van der Waals surface area contributed by atoms with Crippen LogP contribution in [0.5, 0.6) is 0 Å². The molecule has 1 aliphatic carbocycles. The minimum atomic E-state index is -4.42. The largest absolute Gasteiger partial charge is 0.478 e. The van der Waals surface area contributed by atoms with Gasteiger partial charge in [-0.1, -0.05) is 18.6 Å². The lowest BCUT2D eigenvalue weighted by molar-refractivity contribution is -0.137. The number of carboxylic acids is 1. The van der Waals surface area contributed by atoms with Gasteiger partial charge in [-0.25, -0.2) is 4.79 Å². The monoisotopic (exact) mass is 310 g/mol. The summed E-state index contributed by atoms with van der Waals surface area (Å²) in [4.78, 5) is 11.5. The molecule has 6 heteroatoms. The van der Waals surface area contributed by atoms with Crippen LogP contribution in [-0.4, -0.2) is 11.1 Å². The van der Waals surface area contributed by atoms with Crippen molar-refractivity contribution in [3.05, 3.63) is 47.4 Å². The molecule has 22 heavy (non-hydrogen) atoms. The Kier molecular flexibility index (Phi) is 3.47. The van der Waals surface area contributed by atoms with Gasteiger partial charge in [-0.2, -0.15) is 13.2 Å². The van der Waals surface area contributed by atoms with Crippen LogP contribution in [0, 0.1) is 0 Å². The molecule has 0 atom stereocenters. The van der Waals surface area contributed by atoms with Crippen LogP contribution in [0.4, 0.5) is 13.2 Å². The lowest BCUT2D eigenvalue weighted by atomic mass is 9.81. The summed E-state index contributed by atoms with van der Waals surface area (Å²) in [7, 11) is 0. The first-order valence-corrected chi connectivity index (χ1v) is 6.90. The van der Waals surface area contributed by atoms with Gasteiger partial charge in [0.15, 0.2) is 0 Å². The third-order valence-corrected chi connectivity index (χ3v) is 4.03. The highest BCUT2D eigenvalue weighted by atomic mass is 19.4. The van der Waals surface area contributed by atoms with Crippen molar-refractivity contribution in [3.63, 3.8) is 0 Å². The lowest BCUT2D eigenvalue weighted by Gasteiger charge is -2.23. The zero-order chi connectivity index (χ0) is 15.9. The summed E-state index contributed by atoms with van der Waals surface area (Å²) < 4.78 is 43.2. The minimum Gasteiger partial charge on any atom is -0.478 e. The molecule has 1 N–H and O–H groups in total. The summed E-state index contributed by atoms with van der Waals surface area (Å²) in [5, 5.41) is 9.41. The van der Waals surface area contributed by atoms with Gasteiger partial charge in [0.05, 0.1) is 11.8 Å². The topological polar surface area (TPSA) is 50.4 Å². The summed E-state index contributed by atoms with van der Waals surface area (Å²) in [5.41, 5.74) is 0.0168. The SMILES string of the molecule is O=C(O)c1c(-c2ccc(C(F)(F)F)cc2)coc1C1CCC1.